The fourth-order valence-electron chi connectivity index (χ4n) is 2.67. The van der Waals surface area contributed by atoms with Crippen molar-refractivity contribution in [3.8, 4) is 0 Å². The largest absolute Gasteiger partial charge is 0.315 e. The summed E-state index contributed by atoms with van der Waals surface area (Å²) in [6.45, 7) is 2.03. The minimum absolute atomic E-state index is 0.183. The van der Waals surface area contributed by atoms with Gasteiger partial charge in [0, 0.05) is 39.8 Å². The van der Waals surface area contributed by atoms with Crippen LogP contribution >= 0.6 is 31.9 Å². The molecule has 0 atom stereocenters. The molecule has 0 radical (unpaired) electrons. The smallest absolute Gasteiger partial charge is 0.0410 e. The monoisotopic (exact) mass is 380 g/mol. The van der Waals surface area contributed by atoms with Crippen LogP contribution in [0.15, 0.2) is 51.7 Å². The summed E-state index contributed by atoms with van der Waals surface area (Å²) in [6.07, 6.45) is 4.80. The number of rotatable bonds is 3. The molecule has 1 aliphatic heterocycles. The molecule has 1 aromatic heterocycles. The third kappa shape index (κ3) is 2.62. The van der Waals surface area contributed by atoms with Gasteiger partial charge in [-0.2, -0.15) is 0 Å². The standard InChI is InChI=1S/C15H14Br2N2/c16-12-5-11(7-18-8-12)6-15(9-19-10-15)13-3-1-2-4-14(13)17/h1-5,7-8,19H,6,9-10H2. The van der Waals surface area contributed by atoms with Crippen molar-refractivity contribution < 1.29 is 0 Å². The van der Waals surface area contributed by atoms with Crippen LogP contribution in [0.4, 0.5) is 0 Å². The maximum atomic E-state index is 4.26. The molecule has 1 N–H and O–H groups in total. The van der Waals surface area contributed by atoms with Crippen molar-refractivity contribution in [3.63, 3.8) is 0 Å². The predicted molar refractivity (Wildman–Crippen MR) is 84.3 cm³/mol. The molecule has 0 bridgehead atoms. The SMILES string of the molecule is Brc1cncc(CC2(c3ccccc3Br)CNC2)c1. The number of aromatic nitrogens is 1. The minimum atomic E-state index is 0.183. The summed E-state index contributed by atoms with van der Waals surface area (Å²) in [4.78, 5) is 4.26. The number of nitrogens with zero attached hydrogens (tertiary/aromatic N) is 1. The highest BCUT2D eigenvalue weighted by Crippen LogP contribution is 2.36. The van der Waals surface area contributed by atoms with E-state index in [9.17, 15) is 0 Å². The van der Waals surface area contributed by atoms with E-state index in [1.165, 1.54) is 15.6 Å². The highest BCUT2D eigenvalue weighted by atomic mass is 79.9. The van der Waals surface area contributed by atoms with Crippen molar-refractivity contribution in [2.24, 2.45) is 0 Å². The molecule has 1 saturated heterocycles. The van der Waals surface area contributed by atoms with Crippen LogP contribution in [-0.2, 0) is 11.8 Å². The predicted octanol–water partition coefficient (Wildman–Crippen LogP) is 3.69. The van der Waals surface area contributed by atoms with Crippen molar-refractivity contribution >= 4 is 31.9 Å². The van der Waals surface area contributed by atoms with Crippen LogP contribution in [0.25, 0.3) is 0 Å². The lowest BCUT2D eigenvalue weighted by Gasteiger charge is -2.44. The lowest BCUT2D eigenvalue weighted by Crippen LogP contribution is -2.58. The lowest BCUT2D eigenvalue weighted by molar-refractivity contribution is 0.273. The van der Waals surface area contributed by atoms with Gasteiger partial charge in [0.05, 0.1) is 0 Å². The first-order chi connectivity index (χ1) is 9.20. The summed E-state index contributed by atoms with van der Waals surface area (Å²) in [5.41, 5.74) is 2.84. The van der Waals surface area contributed by atoms with Crippen LogP contribution in [0, 0.1) is 0 Å². The molecule has 2 nitrogen and oxygen atoms in total. The molecule has 0 amide bonds. The molecule has 0 aliphatic carbocycles. The van der Waals surface area contributed by atoms with Gasteiger partial charge in [0.25, 0.3) is 0 Å². The first-order valence-electron chi connectivity index (χ1n) is 6.25. The quantitative estimate of drug-likeness (QED) is 0.876. The molecule has 2 heterocycles. The number of hydrogen-bond acceptors (Lipinski definition) is 2. The van der Waals surface area contributed by atoms with E-state index in [-0.39, 0.29) is 5.41 Å². The second kappa shape index (κ2) is 5.35. The van der Waals surface area contributed by atoms with Gasteiger partial charge in [-0.25, -0.2) is 0 Å². The van der Waals surface area contributed by atoms with Gasteiger partial charge in [0.2, 0.25) is 0 Å². The molecule has 0 saturated carbocycles. The molecule has 98 valence electrons. The molecular weight excluding hydrogens is 368 g/mol. The van der Waals surface area contributed by atoms with E-state index in [0.717, 1.165) is 24.0 Å². The lowest BCUT2D eigenvalue weighted by atomic mass is 9.71. The van der Waals surface area contributed by atoms with Gasteiger partial charge in [0.15, 0.2) is 0 Å². The van der Waals surface area contributed by atoms with E-state index in [1.807, 2.05) is 12.4 Å². The van der Waals surface area contributed by atoms with E-state index >= 15 is 0 Å². The van der Waals surface area contributed by atoms with Gasteiger partial charge in [-0.3, -0.25) is 4.98 Å². The topological polar surface area (TPSA) is 24.9 Å². The maximum absolute atomic E-state index is 4.26. The Hall–Kier alpha value is -0.710. The Morgan fingerprint density at radius 3 is 2.58 bits per heavy atom. The van der Waals surface area contributed by atoms with Crippen molar-refractivity contribution in [2.75, 3.05) is 13.1 Å². The van der Waals surface area contributed by atoms with Crippen molar-refractivity contribution in [2.45, 2.75) is 11.8 Å². The number of halogens is 2. The van der Waals surface area contributed by atoms with E-state index < -0.39 is 0 Å². The Kier molecular flexibility index (Phi) is 3.74. The number of pyridine rings is 1. The molecule has 1 aliphatic rings. The Balaban J connectivity index is 1.94. The van der Waals surface area contributed by atoms with Crippen molar-refractivity contribution in [3.05, 3.63) is 62.8 Å². The molecule has 0 spiro atoms. The van der Waals surface area contributed by atoms with Gasteiger partial charge in [-0.05, 0) is 45.6 Å². The number of hydrogen-bond donors (Lipinski definition) is 1. The molecule has 1 fully saturated rings. The second-order valence-corrected chi connectivity index (χ2v) is 6.82. The van der Waals surface area contributed by atoms with Crippen LogP contribution in [0.2, 0.25) is 0 Å². The van der Waals surface area contributed by atoms with Crippen LogP contribution in [0.5, 0.6) is 0 Å². The zero-order chi connectivity index (χ0) is 13.3. The van der Waals surface area contributed by atoms with Gasteiger partial charge in [-0.15, -0.1) is 0 Å². The fraction of sp³-hybridized carbons (Fsp3) is 0.267. The molecule has 4 heteroatoms. The highest BCUT2D eigenvalue weighted by Gasteiger charge is 2.39. The van der Waals surface area contributed by atoms with Crippen LogP contribution in [0.1, 0.15) is 11.1 Å². The molecule has 3 rings (SSSR count). The normalized spacial score (nSPS) is 16.9. The van der Waals surface area contributed by atoms with Gasteiger partial charge >= 0.3 is 0 Å². The first kappa shape index (κ1) is 13.3. The second-order valence-electron chi connectivity index (χ2n) is 5.05. The summed E-state index contributed by atoms with van der Waals surface area (Å²) < 4.78 is 2.24. The minimum Gasteiger partial charge on any atom is -0.315 e. The number of benzene rings is 1. The zero-order valence-electron chi connectivity index (χ0n) is 10.4. The Morgan fingerprint density at radius 2 is 1.95 bits per heavy atom. The maximum Gasteiger partial charge on any atom is 0.0410 e. The Morgan fingerprint density at radius 1 is 1.16 bits per heavy atom. The van der Waals surface area contributed by atoms with Crippen LogP contribution < -0.4 is 5.32 Å². The first-order valence-corrected chi connectivity index (χ1v) is 7.83. The summed E-state index contributed by atoms with van der Waals surface area (Å²) >= 11 is 7.17. The Labute approximate surface area is 129 Å². The third-order valence-electron chi connectivity index (χ3n) is 3.68. The summed E-state index contributed by atoms with van der Waals surface area (Å²) in [6, 6.07) is 10.7. The van der Waals surface area contributed by atoms with Crippen LogP contribution in [-0.4, -0.2) is 18.1 Å². The summed E-state index contributed by atoms with van der Waals surface area (Å²) in [5.74, 6) is 0. The van der Waals surface area contributed by atoms with Gasteiger partial charge in [-0.1, -0.05) is 34.1 Å². The average Bonchev–Trinajstić information content (AvgIpc) is 2.35. The molecule has 1 aromatic carbocycles. The van der Waals surface area contributed by atoms with Crippen molar-refractivity contribution in [1.29, 1.82) is 0 Å². The third-order valence-corrected chi connectivity index (χ3v) is 4.80. The zero-order valence-corrected chi connectivity index (χ0v) is 13.5. The van der Waals surface area contributed by atoms with Crippen LogP contribution in [0.3, 0.4) is 0 Å². The molecular formula is C15H14Br2N2. The van der Waals surface area contributed by atoms with E-state index in [1.54, 1.807) is 0 Å². The van der Waals surface area contributed by atoms with Gasteiger partial charge in [0.1, 0.15) is 0 Å². The Bertz CT molecular complexity index is 594. The number of nitrogens with one attached hydrogen (secondary N) is 1. The van der Waals surface area contributed by atoms with E-state index in [0.29, 0.717) is 0 Å². The summed E-state index contributed by atoms with van der Waals surface area (Å²) in [5, 5.41) is 3.41. The van der Waals surface area contributed by atoms with Gasteiger partial charge < -0.3 is 5.32 Å². The summed E-state index contributed by atoms with van der Waals surface area (Å²) in [7, 11) is 0. The van der Waals surface area contributed by atoms with Crippen molar-refractivity contribution in [1.82, 2.24) is 10.3 Å². The highest BCUT2D eigenvalue weighted by molar-refractivity contribution is 9.10. The fourth-order valence-corrected chi connectivity index (χ4v) is 3.79. The van der Waals surface area contributed by atoms with E-state index in [2.05, 4.69) is 72.5 Å². The molecule has 0 unspecified atom stereocenters. The molecule has 19 heavy (non-hydrogen) atoms. The average molecular weight is 382 g/mol. The molecule has 2 aromatic rings. The van der Waals surface area contributed by atoms with E-state index in [4.69, 9.17) is 0 Å².